The molecule has 116 valence electrons. The van der Waals surface area contributed by atoms with Crippen molar-refractivity contribution in [2.24, 2.45) is 0 Å². The van der Waals surface area contributed by atoms with E-state index in [1.54, 1.807) is 13.8 Å². The van der Waals surface area contributed by atoms with E-state index < -0.39 is 25.6 Å². The Labute approximate surface area is 125 Å². The minimum Gasteiger partial charge on any atom is -0.213 e. The van der Waals surface area contributed by atoms with Gasteiger partial charge in [0, 0.05) is 12.1 Å². The lowest BCUT2D eigenvalue weighted by molar-refractivity contribution is 0.446. The summed E-state index contributed by atoms with van der Waals surface area (Å²) in [6.07, 6.45) is 1.000. The van der Waals surface area contributed by atoms with Crippen LogP contribution in [0.3, 0.4) is 0 Å². The van der Waals surface area contributed by atoms with E-state index in [9.17, 15) is 16.8 Å². The normalized spacial score (nSPS) is 12.9. The molecule has 21 heavy (non-hydrogen) atoms. The summed E-state index contributed by atoms with van der Waals surface area (Å²) in [4.78, 5) is -0.0447. The first-order valence-corrected chi connectivity index (χ1v) is 9.31. The summed E-state index contributed by atoms with van der Waals surface area (Å²) < 4.78 is 51.3. The van der Waals surface area contributed by atoms with Gasteiger partial charge in [0.05, 0.1) is 22.8 Å². The largest absolute Gasteiger partial charge is 0.240 e. The van der Waals surface area contributed by atoms with E-state index in [1.807, 2.05) is 6.07 Å². The maximum absolute atomic E-state index is 12.1. The van der Waals surface area contributed by atoms with Gasteiger partial charge in [-0.15, -0.1) is 0 Å². The molecule has 0 saturated carbocycles. The summed E-state index contributed by atoms with van der Waals surface area (Å²) in [5, 5.41) is 8.77. The monoisotopic (exact) mass is 331 g/mol. The number of rotatable bonds is 6. The number of nitrogens with zero attached hydrogens (tertiary/aromatic N) is 1. The molecule has 2 N–H and O–H groups in total. The van der Waals surface area contributed by atoms with Crippen molar-refractivity contribution in [1.82, 2.24) is 9.44 Å². The molecule has 1 aromatic rings. The topological polar surface area (TPSA) is 116 Å². The lowest BCUT2D eigenvalue weighted by Gasteiger charge is -2.25. The summed E-state index contributed by atoms with van der Waals surface area (Å²) in [6, 6.07) is 7.43. The maximum Gasteiger partial charge on any atom is 0.240 e. The molecule has 0 radical (unpaired) electrons. The second-order valence-electron chi connectivity index (χ2n) is 5.22. The third-order valence-electron chi connectivity index (χ3n) is 2.44. The van der Waals surface area contributed by atoms with Crippen molar-refractivity contribution in [1.29, 1.82) is 5.26 Å². The molecule has 0 aliphatic heterocycles. The van der Waals surface area contributed by atoms with Gasteiger partial charge in [-0.05, 0) is 32.0 Å². The van der Waals surface area contributed by atoms with E-state index in [0.29, 0.717) is 0 Å². The first-order chi connectivity index (χ1) is 9.45. The second kappa shape index (κ2) is 6.11. The molecule has 1 rings (SSSR count). The van der Waals surface area contributed by atoms with E-state index >= 15 is 0 Å². The highest BCUT2D eigenvalue weighted by atomic mass is 32.2. The quantitative estimate of drug-likeness (QED) is 0.770. The van der Waals surface area contributed by atoms with Crippen LogP contribution in [0.2, 0.25) is 0 Å². The molecule has 1 aromatic carbocycles. The standard InChI is InChI=1S/C12H17N3O4S2/c1-12(2,15-20(3,16)17)9-14-21(18,19)11-6-4-5-10(7-11)8-13/h4-7,14-15H,9H2,1-3H3. The molecule has 9 heteroatoms. The molecular weight excluding hydrogens is 314 g/mol. The Kier molecular flexibility index (Phi) is 5.11. The van der Waals surface area contributed by atoms with Crippen molar-refractivity contribution < 1.29 is 16.8 Å². The van der Waals surface area contributed by atoms with E-state index in [-0.39, 0.29) is 17.0 Å². The van der Waals surface area contributed by atoms with Gasteiger partial charge in [0.2, 0.25) is 20.0 Å². The average Bonchev–Trinajstić information content (AvgIpc) is 2.34. The number of sulfonamides is 2. The molecule has 0 aromatic heterocycles. The fourth-order valence-electron chi connectivity index (χ4n) is 1.63. The van der Waals surface area contributed by atoms with Crippen molar-refractivity contribution in [3.8, 4) is 6.07 Å². The molecule has 0 unspecified atom stereocenters. The molecule has 0 saturated heterocycles. The first kappa shape index (κ1) is 17.6. The average molecular weight is 331 g/mol. The Bertz CT molecular complexity index is 762. The molecule has 0 amide bonds. The molecule has 0 fully saturated rings. The van der Waals surface area contributed by atoms with E-state index in [1.165, 1.54) is 24.3 Å². The zero-order valence-corrected chi connectivity index (χ0v) is 13.5. The third-order valence-corrected chi connectivity index (χ3v) is 4.76. The molecule has 0 bridgehead atoms. The van der Waals surface area contributed by atoms with Gasteiger partial charge in [-0.2, -0.15) is 5.26 Å². The van der Waals surface area contributed by atoms with Gasteiger partial charge in [0.1, 0.15) is 0 Å². The minimum atomic E-state index is -3.82. The molecule has 7 nitrogen and oxygen atoms in total. The summed E-state index contributed by atoms with van der Waals surface area (Å²) in [5.41, 5.74) is -0.751. The Balaban J connectivity index is 2.89. The first-order valence-electron chi connectivity index (χ1n) is 5.94. The molecular formula is C12H17N3O4S2. The second-order valence-corrected chi connectivity index (χ2v) is 8.74. The van der Waals surface area contributed by atoms with Crippen LogP contribution in [0.1, 0.15) is 19.4 Å². The minimum absolute atomic E-state index is 0.0447. The summed E-state index contributed by atoms with van der Waals surface area (Å²) >= 11 is 0. The zero-order chi connectivity index (χ0) is 16.3. The highest BCUT2D eigenvalue weighted by Crippen LogP contribution is 2.12. The van der Waals surface area contributed by atoms with Crippen LogP contribution in [0.15, 0.2) is 29.2 Å². The Morgan fingerprint density at radius 3 is 2.38 bits per heavy atom. The number of benzene rings is 1. The van der Waals surface area contributed by atoms with Crippen LogP contribution in [0.5, 0.6) is 0 Å². The Morgan fingerprint density at radius 1 is 1.24 bits per heavy atom. The van der Waals surface area contributed by atoms with Crippen LogP contribution in [0.4, 0.5) is 0 Å². The lowest BCUT2D eigenvalue weighted by atomic mass is 10.1. The highest BCUT2D eigenvalue weighted by Gasteiger charge is 2.25. The molecule has 0 spiro atoms. The molecule has 0 heterocycles. The summed E-state index contributed by atoms with van der Waals surface area (Å²) in [5.74, 6) is 0. The van der Waals surface area contributed by atoms with E-state index in [0.717, 1.165) is 6.26 Å². The van der Waals surface area contributed by atoms with Crippen molar-refractivity contribution in [2.45, 2.75) is 24.3 Å². The van der Waals surface area contributed by atoms with Crippen LogP contribution in [0.25, 0.3) is 0 Å². The van der Waals surface area contributed by atoms with Gasteiger partial charge in [-0.1, -0.05) is 6.07 Å². The van der Waals surface area contributed by atoms with E-state index in [4.69, 9.17) is 5.26 Å². The van der Waals surface area contributed by atoms with Crippen LogP contribution in [-0.4, -0.2) is 35.2 Å². The third kappa shape index (κ3) is 5.81. The fraction of sp³-hybridized carbons (Fsp3) is 0.417. The molecule has 0 aliphatic carbocycles. The van der Waals surface area contributed by atoms with Crippen molar-refractivity contribution in [3.63, 3.8) is 0 Å². The van der Waals surface area contributed by atoms with Crippen LogP contribution < -0.4 is 9.44 Å². The van der Waals surface area contributed by atoms with Crippen molar-refractivity contribution >= 4 is 20.0 Å². The number of nitrogens with one attached hydrogen (secondary N) is 2. The smallest absolute Gasteiger partial charge is 0.213 e. The van der Waals surface area contributed by atoms with Crippen LogP contribution >= 0.6 is 0 Å². The van der Waals surface area contributed by atoms with Gasteiger partial charge in [0.25, 0.3) is 0 Å². The predicted molar refractivity (Wildman–Crippen MR) is 78.4 cm³/mol. The van der Waals surface area contributed by atoms with E-state index in [2.05, 4.69) is 9.44 Å². The zero-order valence-electron chi connectivity index (χ0n) is 11.9. The van der Waals surface area contributed by atoms with Crippen molar-refractivity contribution in [2.75, 3.05) is 12.8 Å². The maximum atomic E-state index is 12.1. The van der Waals surface area contributed by atoms with Crippen LogP contribution in [0, 0.1) is 11.3 Å². The number of hydrogen-bond donors (Lipinski definition) is 2. The van der Waals surface area contributed by atoms with Gasteiger partial charge in [-0.25, -0.2) is 26.3 Å². The summed E-state index contributed by atoms with van der Waals surface area (Å²) in [7, 11) is -7.27. The van der Waals surface area contributed by atoms with Gasteiger partial charge in [-0.3, -0.25) is 0 Å². The highest BCUT2D eigenvalue weighted by molar-refractivity contribution is 7.89. The Hall–Kier alpha value is -1.47. The van der Waals surface area contributed by atoms with Gasteiger partial charge in [0.15, 0.2) is 0 Å². The van der Waals surface area contributed by atoms with Gasteiger partial charge >= 0.3 is 0 Å². The molecule has 0 aliphatic rings. The van der Waals surface area contributed by atoms with Crippen molar-refractivity contribution in [3.05, 3.63) is 29.8 Å². The summed E-state index contributed by atoms with van der Waals surface area (Å²) in [6.45, 7) is 2.99. The predicted octanol–water partition coefficient (Wildman–Crippen LogP) is 0.164. The Morgan fingerprint density at radius 2 is 1.86 bits per heavy atom. The number of hydrogen-bond acceptors (Lipinski definition) is 5. The lowest BCUT2D eigenvalue weighted by Crippen LogP contribution is -2.50. The number of nitriles is 1. The van der Waals surface area contributed by atoms with Crippen LogP contribution in [-0.2, 0) is 20.0 Å². The fourth-order valence-corrected chi connectivity index (χ4v) is 3.96. The van der Waals surface area contributed by atoms with Gasteiger partial charge < -0.3 is 0 Å². The SMILES string of the molecule is CC(C)(CNS(=O)(=O)c1cccc(C#N)c1)NS(C)(=O)=O. The molecule has 0 atom stereocenters.